The van der Waals surface area contributed by atoms with Crippen LogP contribution < -0.4 is 10.5 Å². The molecule has 0 saturated heterocycles. The van der Waals surface area contributed by atoms with Gasteiger partial charge in [-0.1, -0.05) is 32.1 Å². The molecule has 0 radical (unpaired) electrons. The van der Waals surface area contributed by atoms with Crippen molar-refractivity contribution in [3.63, 3.8) is 0 Å². The van der Waals surface area contributed by atoms with Gasteiger partial charge in [-0.15, -0.1) is 0 Å². The van der Waals surface area contributed by atoms with Crippen molar-refractivity contribution in [2.45, 2.75) is 38.5 Å². The summed E-state index contributed by atoms with van der Waals surface area (Å²) < 4.78 is 26.9. The number of hydrogen-bond acceptors (Lipinski definition) is 3. The number of rotatable bonds is 7. The highest BCUT2D eigenvalue weighted by atomic mass is 32.2. The first-order valence-corrected chi connectivity index (χ1v) is 8.53. The highest BCUT2D eigenvalue weighted by molar-refractivity contribution is 7.89. The van der Waals surface area contributed by atoms with Gasteiger partial charge in [-0.2, -0.15) is 0 Å². The van der Waals surface area contributed by atoms with E-state index in [1.54, 1.807) is 19.1 Å². The topological polar surface area (TPSA) is 72.2 Å². The Labute approximate surface area is 126 Å². The van der Waals surface area contributed by atoms with Crippen LogP contribution in [0.2, 0.25) is 0 Å². The molecule has 1 aromatic carbocycles. The van der Waals surface area contributed by atoms with Gasteiger partial charge >= 0.3 is 0 Å². The maximum absolute atomic E-state index is 12.1. The fourth-order valence-electron chi connectivity index (χ4n) is 1.88. The van der Waals surface area contributed by atoms with E-state index in [1.807, 2.05) is 0 Å². The van der Waals surface area contributed by atoms with Crippen LogP contribution in [0.15, 0.2) is 23.1 Å². The van der Waals surface area contributed by atoms with Gasteiger partial charge in [0.2, 0.25) is 10.0 Å². The molecule has 20 heavy (non-hydrogen) atoms. The minimum Gasteiger partial charge on any atom is -0.389 e. The molecule has 0 aliphatic heterocycles. The third kappa shape index (κ3) is 4.85. The first kappa shape index (κ1) is 17.1. The average molecular weight is 314 g/mol. The van der Waals surface area contributed by atoms with Crippen LogP contribution in [0.3, 0.4) is 0 Å². The zero-order chi connectivity index (χ0) is 15.3. The fourth-order valence-corrected chi connectivity index (χ4v) is 3.27. The molecule has 0 aliphatic rings. The number of benzene rings is 1. The van der Waals surface area contributed by atoms with E-state index in [0.717, 1.165) is 18.4 Å². The van der Waals surface area contributed by atoms with Crippen LogP contribution in [0, 0.1) is 12.8 Å². The van der Waals surface area contributed by atoms with Gasteiger partial charge < -0.3 is 5.73 Å². The van der Waals surface area contributed by atoms with Crippen LogP contribution in [-0.2, 0) is 10.0 Å². The van der Waals surface area contributed by atoms with E-state index in [4.69, 9.17) is 18.0 Å². The molecule has 0 spiro atoms. The van der Waals surface area contributed by atoms with E-state index < -0.39 is 10.0 Å². The van der Waals surface area contributed by atoms with Crippen molar-refractivity contribution in [3.8, 4) is 0 Å². The molecule has 0 atom stereocenters. The second-order valence-electron chi connectivity index (χ2n) is 5.27. The molecular formula is C14H22N2O2S2. The monoisotopic (exact) mass is 314 g/mol. The number of nitrogens with one attached hydrogen (secondary N) is 1. The molecular weight excluding hydrogens is 292 g/mol. The summed E-state index contributed by atoms with van der Waals surface area (Å²) in [6, 6.07) is 4.78. The Morgan fingerprint density at radius 2 is 2.05 bits per heavy atom. The number of hydrogen-bond donors (Lipinski definition) is 2. The van der Waals surface area contributed by atoms with Crippen molar-refractivity contribution in [1.82, 2.24) is 4.72 Å². The number of sulfonamides is 1. The van der Waals surface area contributed by atoms with Gasteiger partial charge in [-0.05, 0) is 43.4 Å². The Hall–Kier alpha value is -0.980. The fraction of sp³-hybridized carbons (Fsp3) is 0.500. The molecule has 112 valence electrons. The molecule has 4 nitrogen and oxygen atoms in total. The highest BCUT2D eigenvalue weighted by Crippen LogP contribution is 2.15. The molecule has 0 fully saturated rings. The SMILES string of the molecule is Cc1cc(S(=O)(=O)NCCCC(C)C)ccc1C(N)=S. The van der Waals surface area contributed by atoms with E-state index in [0.29, 0.717) is 18.0 Å². The lowest BCUT2D eigenvalue weighted by Gasteiger charge is -2.10. The quantitative estimate of drug-likeness (QED) is 0.598. The normalized spacial score (nSPS) is 11.8. The predicted octanol–water partition coefficient (Wildman–Crippen LogP) is 2.34. The summed E-state index contributed by atoms with van der Waals surface area (Å²) in [6.07, 6.45) is 1.84. The zero-order valence-electron chi connectivity index (χ0n) is 12.1. The molecule has 1 rings (SSSR count). The van der Waals surface area contributed by atoms with Crippen molar-refractivity contribution in [1.29, 1.82) is 0 Å². The van der Waals surface area contributed by atoms with Gasteiger partial charge in [0.1, 0.15) is 4.99 Å². The molecule has 0 amide bonds. The lowest BCUT2D eigenvalue weighted by molar-refractivity contribution is 0.540. The van der Waals surface area contributed by atoms with E-state index in [2.05, 4.69) is 18.6 Å². The standard InChI is InChI=1S/C14H22N2O2S2/c1-10(2)5-4-8-16-20(17,18)12-6-7-13(14(15)19)11(3)9-12/h6-7,9-10,16H,4-5,8H2,1-3H3,(H2,15,19). The van der Waals surface area contributed by atoms with Crippen LogP contribution >= 0.6 is 12.2 Å². The number of aryl methyl sites for hydroxylation is 1. The van der Waals surface area contributed by atoms with Gasteiger partial charge in [0.05, 0.1) is 4.90 Å². The van der Waals surface area contributed by atoms with Crippen molar-refractivity contribution in [2.75, 3.05) is 6.54 Å². The second-order valence-corrected chi connectivity index (χ2v) is 7.48. The summed E-state index contributed by atoms with van der Waals surface area (Å²) in [6.45, 7) is 6.49. The molecule has 0 bridgehead atoms. The Bertz CT molecular complexity index is 581. The van der Waals surface area contributed by atoms with E-state index in [1.165, 1.54) is 6.07 Å². The van der Waals surface area contributed by atoms with Gasteiger partial charge in [0.15, 0.2) is 0 Å². The summed E-state index contributed by atoms with van der Waals surface area (Å²) in [7, 11) is -3.46. The molecule has 0 aromatic heterocycles. The molecule has 0 aliphatic carbocycles. The molecule has 0 heterocycles. The van der Waals surface area contributed by atoms with E-state index >= 15 is 0 Å². The van der Waals surface area contributed by atoms with Gasteiger partial charge in [0, 0.05) is 12.1 Å². The van der Waals surface area contributed by atoms with Crippen LogP contribution in [-0.4, -0.2) is 20.0 Å². The van der Waals surface area contributed by atoms with Crippen LogP contribution in [0.5, 0.6) is 0 Å². The first-order valence-electron chi connectivity index (χ1n) is 6.64. The largest absolute Gasteiger partial charge is 0.389 e. The Kier molecular flexibility index (Phi) is 6.10. The Morgan fingerprint density at radius 3 is 2.55 bits per heavy atom. The minimum absolute atomic E-state index is 0.250. The first-order chi connectivity index (χ1) is 9.24. The smallest absolute Gasteiger partial charge is 0.240 e. The van der Waals surface area contributed by atoms with E-state index in [9.17, 15) is 8.42 Å². The molecule has 3 N–H and O–H groups in total. The number of nitrogens with two attached hydrogens (primary N) is 1. The van der Waals surface area contributed by atoms with Crippen molar-refractivity contribution < 1.29 is 8.42 Å². The summed E-state index contributed by atoms with van der Waals surface area (Å²) >= 11 is 4.91. The lowest BCUT2D eigenvalue weighted by atomic mass is 10.1. The third-order valence-electron chi connectivity index (χ3n) is 3.02. The predicted molar refractivity (Wildman–Crippen MR) is 86.3 cm³/mol. The van der Waals surface area contributed by atoms with Crippen molar-refractivity contribution in [2.24, 2.45) is 11.7 Å². The van der Waals surface area contributed by atoms with Crippen LogP contribution in [0.4, 0.5) is 0 Å². The third-order valence-corrected chi connectivity index (χ3v) is 4.70. The van der Waals surface area contributed by atoms with Gasteiger partial charge in [-0.3, -0.25) is 0 Å². The Morgan fingerprint density at radius 1 is 1.40 bits per heavy atom. The van der Waals surface area contributed by atoms with Crippen molar-refractivity contribution in [3.05, 3.63) is 29.3 Å². The zero-order valence-corrected chi connectivity index (χ0v) is 13.8. The highest BCUT2D eigenvalue weighted by Gasteiger charge is 2.15. The van der Waals surface area contributed by atoms with Gasteiger partial charge in [0.25, 0.3) is 0 Å². The maximum Gasteiger partial charge on any atom is 0.240 e. The van der Waals surface area contributed by atoms with Gasteiger partial charge in [-0.25, -0.2) is 13.1 Å². The average Bonchev–Trinajstić information content (AvgIpc) is 2.34. The second kappa shape index (κ2) is 7.15. The summed E-state index contributed by atoms with van der Waals surface area (Å²) in [5.74, 6) is 0.576. The summed E-state index contributed by atoms with van der Waals surface area (Å²) in [5.41, 5.74) is 7.04. The molecule has 0 unspecified atom stereocenters. The van der Waals surface area contributed by atoms with E-state index in [-0.39, 0.29) is 9.88 Å². The molecule has 0 saturated carbocycles. The minimum atomic E-state index is -3.46. The van der Waals surface area contributed by atoms with Crippen LogP contribution in [0.1, 0.15) is 37.8 Å². The Balaban J connectivity index is 2.78. The van der Waals surface area contributed by atoms with Crippen molar-refractivity contribution >= 4 is 27.2 Å². The summed E-state index contributed by atoms with van der Waals surface area (Å²) in [5, 5.41) is 0. The maximum atomic E-state index is 12.1. The number of thiocarbonyl (C=S) groups is 1. The van der Waals surface area contributed by atoms with Crippen LogP contribution in [0.25, 0.3) is 0 Å². The summed E-state index contributed by atoms with van der Waals surface area (Å²) in [4.78, 5) is 0.524. The molecule has 1 aromatic rings. The lowest BCUT2D eigenvalue weighted by Crippen LogP contribution is -2.25. The molecule has 6 heteroatoms.